The third kappa shape index (κ3) is 7.29. The fraction of sp³-hybridized carbons (Fsp3) is 0.323. The molecule has 4 rings (SSSR count). The summed E-state index contributed by atoms with van der Waals surface area (Å²) >= 11 is 0. The Balaban J connectivity index is 1.60. The minimum atomic E-state index is -0.558. The van der Waals surface area contributed by atoms with Gasteiger partial charge in [0.25, 0.3) is 5.91 Å². The van der Waals surface area contributed by atoms with E-state index in [2.05, 4.69) is 16.0 Å². The largest absolute Gasteiger partial charge is 0.497 e. The Morgan fingerprint density at radius 2 is 1.71 bits per heavy atom. The number of hydrogen-bond donors (Lipinski definition) is 4. The summed E-state index contributed by atoms with van der Waals surface area (Å²) in [5.41, 5.74) is 1.75. The van der Waals surface area contributed by atoms with Crippen molar-refractivity contribution in [2.24, 2.45) is 5.92 Å². The average molecular weight is 576 g/mol. The van der Waals surface area contributed by atoms with E-state index < -0.39 is 18.2 Å². The number of benzene rings is 3. The van der Waals surface area contributed by atoms with Gasteiger partial charge in [-0.3, -0.25) is 4.79 Å². The Morgan fingerprint density at radius 3 is 2.38 bits per heavy atom. The van der Waals surface area contributed by atoms with Crippen LogP contribution in [0.15, 0.2) is 72.8 Å². The fourth-order valence-electron chi connectivity index (χ4n) is 4.61. The minimum Gasteiger partial charge on any atom is -0.497 e. The molecule has 0 spiro atoms. The zero-order chi connectivity index (χ0) is 30.2. The summed E-state index contributed by atoms with van der Waals surface area (Å²) < 4.78 is 11.6. The number of urea groups is 2. The second kappa shape index (κ2) is 13.7. The summed E-state index contributed by atoms with van der Waals surface area (Å²) in [4.78, 5) is 42.7. The van der Waals surface area contributed by atoms with E-state index in [9.17, 15) is 19.5 Å². The lowest BCUT2D eigenvalue weighted by atomic mass is 9.99. The van der Waals surface area contributed by atoms with Gasteiger partial charge in [0.2, 0.25) is 0 Å². The van der Waals surface area contributed by atoms with Gasteiger partial charge in [-0.1, -0.05) is 31.2 Å². The van der Waals surface area contributed by atoms with Crippen LogP contribution in [-0.4, -0.2) is 78.9 Å². The molecule has 0 saturated carbocycles. The predicted molar refractivity (Wildman–Crippen MR) is 161 cm³/mol. The normalized spacial score (nSPS) is 17.1. The van der Waals surface area contributed by atoms with E-state index in [0.29, 0.717) is 29.4 Å². The highest BCUT2D eigenvalue weighted by Gasteiger charge is 2.35. The van der Waals surface area contributed by atoms with E-state index in [-0.39, 0.29) is 42.3 Å². The zero-order valence-corrected chi connectivity index (χ0v) is 24.2. The third-order valence-corrected chi connectivity index (χ3v) is 7.11. The van der Waals surface area contributed by atoms with Gasteiger partial charge in [0, 0.05) is 30.9 Å². The van der Waals surface area contributed by atoms with Crippen molar-refractivity contribution >= 4 is 35.0 Å². The Hall–Kier alpha value is -4.77. The molecule has 0 aliphatic carbocycles. The number of aliphatic hydroxyl groups is 1. The van der Waals surface area contributed by atoms with E-state index in [0.717, 1.165) is 0 Å². The van der Waals surface area contributed by atoms with Crippen molar-refractivity contribution in [1.82, 2.24) is 9.80 Å². The van der Waals surface area contributed by atoms with Crippen molar-refractivity contribution in [2.75, 3.05) is 49.8 Å². The molecule has 0 saturated heterocycles. The van der Waals surface area contributed by atoms with Crippen molar-refractivity contribution in [1.29, 1.82) is 0 Å². The van der Waals surface area contributed by atoms with Gasteiger partial charge in [0.15, 0.2) is 5.75 Å². The van der Waals surface area contributed by atoms with Gasteiger partial charge in [-0.2, -0.15) is 0 Å². The topological polar surface area (TPSA) is 132 Å². The molecular formula is C31H37N5O6. The van der Waals surface area contributed by atoms with Crippen LogP contribution in [-0.2, 0) is 0 Å². The summed E-state index contributed by atoms with van der Waals surface area (Å²) in [6, 6.07) is 19.6. The molecule has 0 aromatic heterocycles. The Kier molecular flexibility index (Phi) is 9.87. The molecule has 0 bridgehead atoms. The Bertz CT molecular complexity index is 1380. The van der Waals surface area contributed by atoms with Gasteiger partial charge in [-0.15, -0.1) is 0 Å². The molecule has 1 aliphatic rings. The van der Waals surface area contributed by atoms with Crippen LogP contribution in [0.2, 0.25) is 0 Å². The molecule has 1 heterocycles. The summed E-state index contributed by atoms with van der Waals surface area (Å²) in [6.45, 7) is 3.95. The predicted octanol–water partition coefficient (Wildman–Crippen LogP) is 4.72. The maximum atomic E-state index is 13.7. The van der Waals surface area contributed by atoms with Crippen LogP contribution in [0.5, 0.6) is 11.5 Å². The molecular weight excluding hydrogens is 538 g/mol. The number of ether oxygens (including phenoxy) is 2. The summed E-state index contributed by atoms with van der Waals surface area (Å²) in [6.07, 6.45) is -0.558. The van der Waals surface area contributed by atoms with Crippen molar-refractivity contribution in [3.63, 3.8) is 0 Å². The Labute approximate surface area is 245 Å². The molecule has 0 fully saturated rings. The molecule has 0 unspecified atom stereocenters. The molecule has 1 aliphatic heterocycles. The van der Waals surface area contributed by atoms with Crippen molar-refractivity contribution in [2.45, 2.75) is 26.0 Å². The molecule has 5 amide bonds. The monoisotopic (exact) mass is 575 g/mol. The molecule has 11 heteroatoms. The maximum Gasteiger partial charge on any atom is 0.323 e. The molecule has 3 atom stereocenters. The van der Waals surface area contributed by atoms with Gasteiger partial charge >= 0.3 is 12.1 Å². The number of para-hydroxylation sites is 2. The minimum absolute atomic E-state index is 0.183. The molecule has 11 nitrogen and oxygen atoms in total. The highest BCUT2D eigenvalue weighted by atomic mass is 16.5. The Morgan fingerprint density at radius 1 is 1.02 bits per heavy atom. The number of carbonyl (C=O) groups excluding carboxylic acids is 3. The van der Waals surface area contributed by atoms with E-state index in [1.807, 2.05) is 13.0 Å². The number of anilines is 3. The number of fused-ring (bicyclic) bond motifs is 1. The summed E-state index contributed by atoms with van der Waals surface area (Å²) in [5, 5.41) is 18.3. The van der Waals surface area contributed by atoms with Crippen molar-refractivity contribution in [3.8, 4) is 11.5 Å². The highest BCUT2D eigenvalue weighted by molar-refractivity contribution is 6.04. The first-order valence-corrected chi connectivity index (χ1v) is 13.7. The standard InChI is InChI=1S/C31H37N5O6/c1-20-17-36(21(2)19-37)29(38)25-11-8-12-26(34-30(39)32-22-9-6-5-7-10-22)28(25)42-27(20)18-35(3)31(40)33-23-13-15-24(41-4)16-14-23/h5-16,20-21,27,37H,17-19H2,1-4H3,(H,33,40)(H2,32,34,39)/t20-,21-,27+/m0/s1. The molecule has 4 N–H and O–H groups in total. The molecule has 42 heavy (non-hydrogen) atoms. The smallest absolute Gasteiger partial charge is 0.323 e. The lowest BCUT2D eigenvalue weighted by molar-refractivity contribution is 0.0373. The van der Waals surface area contributed by atoms with Crippen LogP contribution in [0.1, 0.15) is 24.2 Å². The molecule has 0 radical (unpaired) electrons. The number of carbonyl (C=O) groups is 3. The number of methoxy groups -OCH3 is 1. The number of hydrogen-bond acceptors (Lipinski definition) is 6. The second-order valence-corrected chi connectivity index (χ2v) is 10.3. The summed E-state index contributed by atoms with van der Waals surface area (Å²) in [5.74, 6) is 0.310. The number of likely N-dealkylation sites (N-methyl/N-ethyl adjacent to an activating group) is 1. The van der Waals surface area contributed by atoms with Crippen LogP contribution < -0.4 is 25.4 Å². The van der Waals surface area contributed by atoms with Gasteiger partial charge in [0.1, 0.15) is 11.9 Å². The van der Waals surface area contributed by atoms with E-state index in [4.69, 9.17) is 9.47 Å². The van der Waals surface area contributed by atoms with Crippen molar-refractivity contribution in [3.05, 3.63) is 78.4 Å². The number of aliphatic hydroxyl groups excluding tert-OH is 1. The van der Waals surface area contributed by atoms with Gasteiger partial charge in [-0.05, 0) is 55.5 Å². The lowest BCUT2D eigenvalue weighted by Crippen LogP contribution is -2.50. The van der Waals surface area contributed by atoms with Crippen LogP contribution >= 0.6 is 0 Å². The first kappa shape index (κ1) is 30.2. The average Bonchev–Trinajstić information content (AvgIpc) is 2.99. The quantitative estimate of drug-likeness (QED) is 0.307. The molecule has 3 aromatic carbocycles. The van der Waals surface area contributed by atoms with E-state index >= 15 is 0 Å². The van der Waals surface area contributed by atoms with Crippen LogP contribution in [0.4, 0.5) is 26.7 Å². The number of amides is 5. The molecule has 3 aromatic rings. The van der Waals surface area contributed by atoms with E-state index in [1.165, 1.54) is 4.90 Å². The number of nitrogens with one attached hydrogen (secondary N) is 3. The van der Waals surface area contributed by atoms with E-state index in [1.54, 1.807) is 92.7 Å². The van der Waals surface area contributed by atoms with Gasteiger partial charge in [-0.25, -0.2) is 9.59 Å². The first-order chi connectivity index (χ1) is 20.2. The molecule has 222 valence electrons. The van der Waals surface area contributed by atoms with Gasteiger partial charge < -0.3 is 40.3 Å². The second-order valence-electron chi connectivity index (χ2n) is 10.3. The summed E-state index contributed by atoms with van der Waals surface area (Å²) in [7, 11) is 3.23. The van der Waals surface area contributed by atoms with Crippen LogP contribution in [0, 0.1) is 5.92 Å². The SMILES string of the molecule is COc1ccc(NC(=O)N(C)C[C@H]2Oc3c(NC(=O)Nc4ccccc4)cccc3C(=O)N([C@@H](C)CO)C[C@@H]2C)cc1. The van der Waals surface area contributed by atoms with Gasteiger partial charge in [0.05, 0.1) is 37.6 Å². The lowest BCUT2D eigenvalue weighted by Gasteiger charge is -2.38. The number of nitrogens with zero attached hydrogens (tertiary/aromatic N) is 2. The third-order valence-electron chi connectivity index (χ3n) is 7.11. The first-order valence-electron chi connectivity index (χ1n) is 13.7. The van der Waals surface area contributed by atoms with Crippen LogP contribution in [0.3, 0.4) is 0 Å². The number of rotatable bonds is 8. The fourth-order valence-corrected chi connectivity index (χ4v) is 4.61. The zero-order valence-electron chi connectivity index (χ0n) is 24.2. The highest BCUT2D eigenvalue weighted by Crippen LogP contribution is 2.35. The maximum absolute atomic E-state index is 13.7. The van der Waals surface area contributed by atoms with Crippen molar-refractivity contribution < 1.29 is 29.0 Å². The van der Waals surface area contributed by atoms with Crippen LogP contribution in [0.25, 0.3) is 0 Å².